The first-order chi connectivity index (χ1) is 35.5. The van der Waals surface area contributed by atoms with E-state index in [0.29, 0.717) is 44.7 Å². The molecule has 0 aliphatic carbocycles. The fourth-order valence-electron chi connectivity index (χ4n) is 10.5. The number of carbonyl (C=O) groups is 4. The lowest BCUT2D eigenvalue weighted by atomic mass is 9.65. The molecule has 7 unspecified atom stereocenters. The number of fused-ring (bicyclic) bond motifs is 3. The van der Waals surface area contributed by atoms with Crippen LogP contribution < -0.4 is 15.0 Å². The van der Waals surface area contributed by atoms with Crippen molar-refractivity contribution in [1.82, 2.24) is 10.2 Å². The van der Waals surface area contributed by atoms with E-state index in [2.05, 4.69) is 17.2 Å². The van der Waals surface area contributed by atoms with Crippen molar-refractivity contribution in [2.75, 3.05) is 18.6 Å². The quantitative estimate of drug-likeness (QED) is 0.0484. The van der Waals surface area contributed by atoms with Crippen molar-refractivity contribution in [2.24, 2.45) is 5.92 Å². The van der Waals surface area contributed by atoms with Gasteiger partial charge >= 0.3 is 12.1 Å². The van der Waals surface area contributed by atoms with Gasteiger partial charge in [0, 0.05) is 29.8 Å². The van der Waals surface area contributed by atoms with Gasteiger partial charge in [0.05, 0.1) is 41.8 Å². The molecule has 1 spiro atoms. The van der Waals surface area contributed by atoms with E-state index in [1.807, 2.05) is 65.6 Å². The van der Waals surface area contributed by atoms with Gasteiger partial charge in [-0.1, -0.05) is 115 Å². The van der Waals surface area contributed by atoms with Crippen molar-refractivity contribution in [1.29, 1.82) is 0 Å². The zero-order chi connectivity index (χ0) is 50.8. The number of nitrogens with one attached hydrogen (secondary N) is 1. The van der Waals surface area contributed by atoms with E-state index >= 15 is 14.4 Å². The van der Waals surface area contributed by atoms with Crippen molar-refractivity contribution in [2.45, 2.75) is 42.4 Å². The maximum absolute atomic E-state index is 16.5. The Morgan fingerprint density at radius 2 is 1.38 bits per heavy atom. The number of non-ortho nitro benzene ring substituents is 1. The fourth-order valence-corrected chi connectivity index (χ4v) is 10.5. The number of ether oxygens (including phenoxy) is 3. The van der Waals surface area contributed by atoms with Crippen LogP contribution in [0.4, 0.5) is 16.2 Å². The lowest BCUT2D eigenvalue weighted by molar-refractivity contribution is -0.384. The summed E-state index contributed by atoms with van der Waals surface area (Å²) in [6, 6.07) is 46.9. The van der Waals surface area contributed by atoms with E-state index in [-0.39, 0.29) is 29.2 Å². The number of anilines is 1. The number of aliphatic hydroxyl groups excluding tert-OH is 1. The molecule has 15 nitrogen and oxygen atoms in total. The number of cyclic esters (lactones) is 1. The highest BCUT2D eigenvalue weighted by Crippen LogP contribution is 2.66. The Labute approximate surface area is 419 Å². The maximum Gasteiger partial charge on any atom is 0.421 e. The molecule has 7 aromatic carbocycles. The lowest BCUT2D eigenvalue weighted by Gasteiger charge is -2.46. The Balaban J connectivity index is 1.21. The molecule has 0 radical (unpaired) electrons. The van der Waals surface area contributed by atoms with Gasteiger partial charge in [0.2, 0.25) is 11.8 Å². The minimum absolute atomic E-state index is 0.0451. The molecule has 73 heavy (non-hydrogen) atoms. The average molecular weight is 975 g/mol. The van der Waals surface area contributed by atoms with Crippen molar-refractivity contribution in [3.05, 3.63) is 237 Å². The lowest BCUT2D eigenvalue weighted by Crippen LogP contribution is -2.56. The molecule has 0 bridgehead atoms. The van der Waals surface area contributed by atoms with Crippen LogP contribution in [0.5, 0.6) is 11.5 Å². The molecule has 0 aromatic heterocycles. The van der Waals surface area contributed by atoms with Gasteiger partial charge in [-0.25, -0.2) is 9.69 Å². The smallest absolute Gasteiger partial charge is 0.421 e. The molecule has 0 saturated carbocycles. The van der Waals surface area contributed by atoms with Crippen LogP contribution in [-0.2, 0) is 35.9 Å². The number of carbonyl (C=O) groups excluding carboxylic acids is 4. The zero-order valence-electron chi connectivity index (χ0n) is 39.1. The monoisotopic (exact) mass is 974 g/mol. The van der Waals surface area contributed by atoms with Crippen LogP contribution in [0.2, 0.25) is 0 Å². The van der Waals surface area contributed by atoms with Crippen LogP contribution in [0.3, 0.4) is 0 Å². The third-order valence-corrected chi connectivity index (χ3v) is 13.7. The number of nitro benzene ring substituents is 1. The minimum atomic E-state index is -2.19. The Morgan fingerprint density at radius 1 is 0.767 bits per heavy atom. The summed E-state index contributed by atoms with van der Waals surface area (Å²) in [6.45, 7) is -0.724. The minimum Gasteiger partial charge on any atom is -0.508 e. The van der Waals surface area contributed by atoms with Crippen LogP contribution in [-0.4, -0.2) is 63.6 Å². The predicted octanol–water partition coefficient (Wildman–Crippen LogP) is 8.56. The number of aromatic hydroxyl groups is 1. The van der Waals surface area contributed by atoms with Crippen molar-refractivity contribution in [3.8, 4) is 23.3 Å². The molecule has 15 heteroatoms. The molecular formula is C58H46N4O11. The van der Waals surface area contributed by atoms with Crippen molar-refractivity contribution < 1.29 is 48.5 Å². The Kier molecular flexibility index (Phi) is 13.0. The molecule has 364 valence electrons. The number of hydrogen-bond acceptors (Lipinski definition) is 12. The number of benzene rings is 7. The summed E-state index contributed by atoms with van der Waals surface area (Å²) < 4.78 is 17.7. The van der Waals surface area contributed by atoms with E-state index < -0.39 is 77.1 Å². The summed E-state index contributed by atoms with van der Waals surface area (Å²) in [5, 5.41) is 36.6. The van der Waals surface area contributed by atoms with Crippen LogP contribution in [0.1, 0.15) is 68.8 Å². The number of rotatable bonds is 11. The summed E-state index contributed by atoms with van der Waals surface area (Å²) in [5.74, 6) is 2.66. The van der Waals surface area contributed by atoms with Gasteiger partial charge in [-0.15, -0.1) is 0 Å². The number of nitro groups is 1. The topological polar surface area (TPSA) is 198 Å². The van der Waals surface area contributed by atoms with E-state index in [1.165, 1.54) is 36.4 Å². The number of morpholine rings is 1. The first kappa shape index (κ1) is 47.6. The molecule has 3 aliphatic heterocycles. The van der Waals surface area contributed by atoms with Gasteiger partial charge in [-0.2, -0.15) is 0 Å². The first-order valence-electron chi connectivity index (χ1n) is 23.4. The molecule has 2 saturated heterocycles. The number of nitrogens with zero attached hydrogens (tertiary/aromatic N) is 3. The van der Waals surface area contributed by atoms with Gasteiger partial charge in [0.25, 0.3) is 5.69 Å². The molecule has 2 fully saturated rings. The summed E-state index contributed by atoms with van der Waals surface area (Å²) in [7, 11) is 1.56. The third-order valence-electron chi connectivity index (χ3n) is 13.7. The third kappa shape index (κ3) is 8.79. The Morgan fingerprint density at radius 3 is 2.03 bits per heavy atom. The van der Waals surface area contributed by atoms with E-state index in [9.17, 15) is 25.1 Å². The number of imide groups is 1. The highest BCUT2D eigenvalue weighted by Gasteiger charge is 2.75. The van der Waals surface area contributed by atoms with Gasteiger partial charge < -0.3 is 29.7 Å². The molecular weight excluding hydrogens is 929 g/mol. The summed E-state index contributed by atoms with van der Waals surface area (Å²) in [6.07, 6.45) is -3.33. The van der Waals surface area contributed by atoms with Gasteiger partial charge in [-0.3, -0.25) is 29.4 Å². The highest BCUT2D eigenvalue weighted by molar-refractivity contribution is 6.23. The largest absolute Gasteiger partial charge is 0.508 e. The highest BCUT2D eigenvalue weighted by atomic mass is 16.6. The Hall–Kier alpha value is -9.10. The molecule has 7 aromatic rings. The summed E-state index contributed by atoms with van der Waals surface area (Å²) >= 11 is 0. The zero-order valence-corrected chi connectivity index (χ0v) is 39.1. The van der Waals surface area contributed by atoms with Gasteiger partial charge in [-0.05, 0) is 100 Å². The molecule has 10 rings (SSSR count). The van der Waals surface area contributed by atoms with Crippen LogP contribution >= 0.6 is 0 Å². The molecule has 3 N–H and O–H groups in total. The number of aliphatic hydroxyl groups is 1. The van der Waals surface area contributed by atoms with Crippen molar-refractivity contribution >= 4 is 35.3 Å². The molecule has 3 heterocycles. The summed E-state index contributed by atoms with van der Waals surface area (Å²) in [5.41, 5.74) is 1.47. The van der Waals surface area contributed by atoms with Crippen LogP contribution in [0.15, 0.2) is 182 Å². The number of hydrogen-bond donors (Lipinski definition) is 3. The van der Waals surface area contributed by atoms with Gasteiger partial charge in [0.1, 0.15) is 35.7 Å². The second kappa shape index (κ2) is 20.0. The molecule has 3 aliphatic rings. The molecule has 7 atom stereocenters. The summed E-state index contributed by atoms with van der Waals surface area (Å²) in [4.78, 5) is 76.1. The fraction of sp³-hybridized carbons (Fsp3) is 0.172. The Bertz CT molecular complexity index is 3270. The SMILES string of the molecule is COc1ccc(C#Cc2ccc3c(c2)C2(C(=O)N3C(=O)OCc3ccc([N+](=O)[O-])cc3)C(C(=O)NCC(O)c3ccccc3)C3C(=O)OC(c4ccccc4)C(c4ccccc4)N3C2c2ccc(O)cc2)cc1. The van der Waals surface area contributed by atoms with Gasteiger partial charge in [0.15, 0.2) is 0 Å². The number of esters is 1. The average Bonchev–Trinajstić information content (AvgIpc) is 3.88. The number of methoxy groups -OCH3 is 1. The van der Waals surface area contributed by atoms with Crippen molar-refractivity contribution in [3.63, 3.8) is 0 Å². The normalized spacial score (nSPS) is 21.2. The van der Waals surface area contributed by atoms with E-state index in [1.54, 1.807) is 92.0 Å². The van der Waals surface area contributed by atoms with Crippen LogP contribution in [0.25, 0.3) is 0 Å². The van der Waals surface area contributed by atoms with E-state index in [0.717, 1.165) is 4.90 Å². The second-order valence-electron chi connectivity index (χ2n) is 17.9. The molecule has 3 amide bonds. The van der Waals surface area contributed by atoms with E-state index in [4.69, 9.17) is 14.2 Å². The first-order valence-corrected chi connectivity index (χ1v) is 23.4. The second-order valence-corrected chi connectivity index (χ2v) is 17.9. The number of phenols is 1. The number of phenolic OH excluding ortho intramolecular Hbond substituents is 1. The maximum atomic E-state index is 16.5. The number of amides is 3. The van der Waals surface area contributed by atoms with Crippen LogP contribution in [0, 0.1) is 27.9 Å². The predicted molar refractivity (Wildman–Crippen MR) is 267 cm³/mol. The standard InChI is InChI=1S/C58H46N4O11/c1-71-45-30-21-36(22-31-45)17-18-37-23-32-47-46(33-37)58(56(67)60(47)57(68)72-35-38-19-26-43(27-20-38)62(69)70)49(54(65)59-34-48(64)39-11-5-2-6-12-39)51-55(66)73-52(41-15-9-4-10-16-41)50(40-13-7-3-8-14-40)61(51)53(58)42-24-28-44(63)29-25-42/h2-16,19-33,48-53,63-64H,34-35H2,1H3,(H,59,65).